The standard InChI is InChI=1S/C17H23F2NO3/c1-17(2,3)23-16(21)20-8-6-14(7-9-20)22-11-12-4-5-13(18)10-15(12)19/h4-5,10,14H,6-9,11H2,1-3H3. The lowest BCUT2D eigenvalue weighted by Gasteiger charge is -2.33. The summed E-state index contributed by atoms with van der Waals surface area (Å²) in [5.74, 6) is -1.20. The lowest BCUT2D eigenvalue weighted by Crippen LogP contribution is -2.43. The van der Waals surface area contributed by atoms with Crippen LogP contribution < -0.4 is 0 Å². The van der Waals surface area contributed by atoms with Crippen LogP contribution in [-0.2, 0) is 16.1 Å². The van der Waals surface area contributed by atoms with Gasteiger partial charge in [0.15, 0.2) is 0 Å². The van der Waals surface area contributed by atoms with Gasteiger partial charge in [0.05, 0.1) is 12.7 Å². The molecule has 0 aliphatic carbocycles. The van der Waals surface area contributed by atoms with Crippen molar-refractivity contribution in [1.82, 2.24) is 4.90 Å². The zero-order valence-corrected chi connectivity index (χ0v) is 13.8. The second-order valence-corrected chi connectivity index (χ2v) is 6.71. The highest BCUT2D eigenvalue weighted by Crippen LogP contribution is 2.19. The smallest absolute Gasteiger partial charge is 0.410 e. The van der Waals surface area contributed by atoms with Gasteiger partial charge in [0.1, 0.15) is 17.2 Å². The summed E-state index contributed by atoms with van der Waals surface area (Å²) >= 11 is 0. The van der Waals surface area contributed by atoms with Crippen molar-refractivity contribution in [2.24, 2.45) is 0 Å². The van der Waals surface area contributed by atoms with Gasteiger partial charge in [-0.2, -0.15) is 0 Å². The number of halogens is 2. The van der Waals surface area contributed by atoms with E-state index in [-0.39, 0.29) is 18.8 Å². The molecule has 1 aromatic carbocycles. The summed E-state index contributed by atoms with van der Waals surface area (Å²) in [6.45, 7) is 6.69. The summed E-state index contributed by atoms with van der Waals surface area (Å²) in [6, 6.07) is 3.46. The van der Waals surface area contributed by atoms with Crippen LogP contribution in [0.3, 0.4) is 0 Å². The molecule has 6 heteroatoms. The van der Waals surface area contributed by atoms with Gasteiger partial charge in [-0.1, -0.05) is 6.07 Å². The lowest BCUT2D eigenvalue weighted by molar-refractivity contribution is -0.0176. The molecule has 23 heavy (non-hydrogen) atoms. The fraction of sp³-hybridized carbons (Fsp3) is 0.588. The largest absolute Gasteiger partial charge is 0.444 e. The van der Waals surface area contributed by atoms with E-state index < -0.39 is 17.2 Å². The SMILES string of the molecule is CC(C)(C)OC(=O)N1CCC(OCc2ccc(F)cc2F)CC1. The minimum Gasteiger partial charge on any atom is -0.444 e. The zero-order chi connectivity index (χ0) is 17.0. The molecular formula is C17H23F2NO3. The van der Waals surface area contributed by atoms with Crippen molar-refractivity contribution in [2.45, 2.75) is 51.9 Å². The first-order valence-corrected chi connectivity index (χ1v) is 7.78. The first-order valence-electron chi connectivity index (χ1n) is 7.78. The molecule has 1 saturated heterocycles. The zero-order valence-electron chi connectivity index (χ0n) is 13.8. The second-order valence-electron chi connectivity index (χ2n) is 6.71. The van der Waals surface area contributed by atoms with Gasteiger partial charge in [-0.15, -0.1) is 0 Å². The number of carbonyl (C=O) groups excluding carboxylic acids is 1. The predicted molar refractivity (Wildman–Crippen MR) is 82.0 cm³/mol. The van der Waals surface area contributed by atoms with Crippen molar-refractivity contribution in [1.29, 1.82) is 0 Å². The van der Waals surface area contributed by atoms with Gasteiger partial charge in [-0.05, 0) is 39.7 Å². The van der Waals surface area contributed by atoms with Gasteiger partial charge < -0.3 is 14.4 Å². The average molecular weight is 327 g/mol. The second kappa shape index (κ2) is 7.25. The van der Waals surface area contributed by atoms with E-state index in [1.54, 1.807) is 4.90 Å². The Labute approximate surface area is 135 Å². The maximum atomic E-state index is 13.5. The Kier molecular flexibility index (Phi) is 5.57. The molecule has 1 aromatic rings. The topological polar surface area (TPSA) is 38.8 Å². The molecule has 128 valence electrons. The van der Waals surface area contributed by atoms with Crippen LogP contribution in [-0.4, -0.2) is 35.8 Å². The van der Waals surface area contributed by atoms with Crippen LogP contribution in [0.2, 0.25) is 0 Å². The molecule has 0 radical (unpaired) electrons. The fourth-order valence-corrected chi connectivity index (χ4v) is 2.38. The Bertz CT molecular complexity index is 549. The van der Waals surface area contributed by atoms with Crippen molar-refractivity contribution in [3.05, 3.63) is 35.4 Å². The number of rotatable bonds is 3. The van der Waals surface area contributed by atoms with E-state index in [1.807, 2.05) is 20.8 Å². The summed E-state index contributed by atoms with van der Waals surface area (Å²) in [4.78, 5) is 13.6. The maximum absolute atomic E-state index is 13.5. The predicted octanol–water partition coefficient (Wildman–Crippen LogP) is 3.88. The highest BCUT2D eigenvalue weighted by Gasteiger charge is 2.27. The third kappa shape index (κ3) is 5.46. The quantitative estimate of drug-likeness (QED) is 0.846. The molecular weight excluding hydrogens is 304 g/mol. The first kappa shape index (κ1) is 17.7. The molecule has 1 amide bonds. The van der Waals surface area contributed by atoms with E-state index in [4.69, 9.17) is 9.47 Å². The van der Waals surface area contributed by atoms with Gasteiger partial charge in [0, 0.05) is 24.7 Å². The number of nitrogens with zero attached hydrogens (tertiary/aromatic N) is 1. The molecule has 4 nitrogen and oxygen atoms in total. The van der Waals surface area contributed by atoms with Gasteiger partial charge >= 0.3 is 6.09 Å². The molecule has 0 atom stereocenters. The molecule has 0 saturated carbocycles. The molecule has 0 bridgehead atoms. The molecule has 1 aliphatic rings. The third-order valence-corrected chi connectivity index (χ3v) is 3.58. The number of benzene rings is 1. The third-order valence-electron chi connectivity index (χ3n) is 3.58. The van der Waals surface area contributed by atoms with E-state index in [1.165, 1.54) is 12.1 Å². The summed E-state index contributed by atoms with van der Waals surface area (Å²) in [5.41, 5.74) is -0.175. The maximum Gasteiger partial charge on any atom is 0.410 e. The fourth-order valence-electron chi connectivity index (χ4n) is 2.38. The Balaban J connectivity index is 1.77. The molecule has 0 N–H and O–H groups in total. The number of carbonyl (C=O) groups is 1. The summed E-state index contributed by atoms with van der Waals surface area (Å²) in [5, 5.41) is 0. The van der Waals surface area contributed by atoms with Gasteiger partial charge in [-0.3, -0.25) is 0 Å². The van der Waals surface area contributed by atoms with E-state index in [9.17, 15) is 13.6 Å². The molecule has 0 spiro atoms. The van der Waals surface area contributed by atoms with Crippen LogP contribution >= 0.6 is 0 Å². The van der Waals surface area contributed by atoms with Crippen LogP contribution in [0.1, 0.15) is 39.2 Å². The van der Waals surface area contributed by atoms with Gasteiger partial charge in [0.2, 0.25) is 0 Å². The molecule has 1 aliphatic heterocycles. The number of ether oxygens (including phenoxy) is 2. The van der Waals surface area contributed by atoms with E-state index >= 15 is 0 Å². The average Bonchev–Trinajstić information content (AvgIpc) is 2.45. The molecule has 0 unspecified atom stereocenters. The van der Waals surface area contributed by atoms with Crippen LogP contribution in [0.5, 0.6) is 0 Å². The minimum absolute atomic E-state index is 0.0434. The molecule has 1 heterocycles. The van der Waals surface area contributed by atoms with E-state index in [0.717, 1.165) is 6.07 Å². The number of likely N-dealkylation sites (tertiary alicyclic amines) is 1. The van der Waals surface area contributed by atoms with Gasteiger partial charge in [-0.25, -0.2) is 13.6 Å². The van der Waals surface area contributed by atoms with Gasteiger partial charge in [0.25, 0.3) is 0 Å². The van der Waals surface area contributed by atoms with Crippen molar-refractivity contribution >= 4 is 6.09 Å². The highest BCUT2D eigenvalue weighted by atomic mass is 19.1. The van der Waals surface area contributed by atoms with Crippen molar-refractivity contribution in [2.75, 3.05) is 13.1 Å². The molecule has 1 fully saturated rings. The van der Waals surface area contributed by atoms with Crippen LogP contribution in [0.4, 0.5) is 13.6 Å². The Morgan fingerprint density at radius 2 is 1.91 bits per heavy atom. The lowest BCUT2D eigenvalue weighted by atomic mass is 10.1. The van der Waals surface area contributed by atoms with Crippen molar-refractivity contribution in [3.63, 3.8) is 0 Å². The number of piperidine rings is 1. The van der Waals surface area contributed by atoms with E-state index in [2.05, 4.69) is 0 Å². The monoisotopic (exact) mass is 327 g/mol. The summed E-state index contributed by atoms with van der Waals surface area (Å²) < 4.78 is 37.4. The van der Waals surface area contributed by atoms with Crippen LogP contribution in [0.25, 0.3) is 0 Å². The number of amides is 1. The van der Waals surface area contributed by atoms with Crippen molar-refractivity contribution in [3.8, 4) is 0 Å². The van der Waals surface area contributed by atoms with E-state index in [0.29, 0.717) is 31.5 Å². The Morgan fingerprint density at radius 3 is 2.48 bits per heavy atom. The molecule has 2 rings (SSSR count). The normalized spacial score (nSPS) is 16.5. The summed E-state index contributed by atoms with van der Waals surface area (Å²) in [7, 11) is 0. The Hall–Kier alpha value is -1.69. The van der Waals surface area contributed by atoms with Crippen molar-refractivity contribution < 1.29 is 23.0 Å². The first-order chi connectivity index (χ1) is 10.7. The molecule has 0 aromatic heterocycles. The number of hydrogen-bond acceptors (Lipinski definition) is 3. The number of hydrogen-bond donors (Lipinski definition) is 0. The highest BCUT2D eigenvalue weighted by molar-refractivity contribution is 5.68. The minimum atomic E-state index is -0.601. The van der Waals surface area contributed by atoms with Crippen LogP contribution in [0, 0.1) is 11.6 Å². The van der Waals surface area contributed by atoms with Crippen LogP contribution in [0.15, 0.2) is 18.2 Å². The summed E-state index contributed by atoms with van der Waals surface area (Å²) in [6.07, 6.45) is 0.975. The Morgan fingerprint density at radius 1 is 1.26 bits per heavy atom.